The molecule has 0 bridgehead atoms. The molecule has 0 saturated carbocycles. The van der Waals surface area contributed by atoms with E-state index in [2.05, 4.69) is 211 Å². The van der Waals surface area contributed by atoms with E-state index in [1.165, 1.54) is 66.8 Å². The van der Waals surface area contributed by atoms with Gasteiger partial charge in [0, 0.05) is 0 Å². The highest BCUT2D eigenvalue weighted by atomic mass is 14.1. The highest BCUT2D eigenvalue weighted by Crippen LogP contribution is 2.23. The Labute approximate surface area is 321 Å². The zero-order valence-electron chi connectivity index (χ0n) is 32.7. The van der Waals surface area contributed by atoms with Crippen molar-refractivity contribution in [2.75, 3.05) is 0 Å². The molecular formula is C53H58. The van der Waals surface area contributed by atoms with Crippen LogP contribution >= 0.6 is 0 Å². The van der Waals surface area contributed by atoms with Crippen LogP contribution in [0.15, 0.2) is 183 Å². The lowest BCUT2D eigenvalue weighted by molar-refractivity contribution is 1.000. The summed E-state index contributed by atoms with van der Waals surface area (Å²) in [6.45, 7) is 14.2. The standard InChI is InChI=1S/2C18H20.C17H18/c2*1-3-4-5-6-16-9-13-18(14-10-16)17-11-7-15(2)8-12-17;1-3-4-5-15-8-12-17(13-9-15)16-10-6-14(2)7-11-16/h2*3-4,7-14H,5-6H2,1-2H3;3,6-13H,1,4-5H2,2H3/b2*4-3+;. The first-order valence-electron chi connectivity index (χ1n) is 19.2. The maximum Gasteiger partial charge on any atom is -0.0184 e. The van der Waals surface area contributed by atoms with Crippen molar-refractivity contribution < 1.29 is 0 Å². The molecule has 6 aromatic carbocycles. The predicted molar refractivity (Wildman–Crippen MR) is 235 cm³/mol. The van der Waals surface area contributed by atoms with Crippen molar-refractivity contribution in [2.45, 2.75) is 73.1 Å². The van der Waals surface area contributed by atoms with E-state index in [1.54, 1.807) is 0 Å². The summed E-state index contributed by atoms with van der Waals surface area (Å²) >= 11 is 0. The lowest BCUT2D eigenvalue weighted by Crippen LogP contribution is -1.84. The molecule has 0 nitrogen and oxygen atoms in total. The van der Waals surface area contributed by atoms with E-state index in [1.807, 2.05) is 6.08 Å². The summed E-state index contributed by atoms with van der Waals surface area (Å²) in [5.74, 6) is 0. The van der Waals surface area contributed by atoms with E-state index < -0.39 is 0 Å². The van der Waals surface area contributed by atoms with Gasteiger partial charge in [-0.05, 0) is 123 Å². The molecule has 0 unspecified atom stereocenters. The fourth-order valence-corrected chi connectivity index (χ4v) is 5.93. The van der Waals surface area contributed by atoms with Crippen molar-refractivity contribution in [3.05, 3.63) is 216 Å². The zero-order valence-corrected chi connectivity index (χ0v) is 32.7. The van der Waals surface area contributed by atoms with Crippen LogP contribution < -0.4 is 0 Å². The molecule has 6 aromatic rings. The molecule has 0 saturated heterocycles. The third-order valence-corrected chi connectivity index (χ3v) is 9.32. The van der Waals surface area contributed by atoms with Gasteiger partial charge in [0.15, 0.2) is 0 Å². The molecule has 0 amide bonds. The van der Waals surface area contributed by atoms with Crippen molar-refractivity contribution >= 4 is 0 Å². The molecule has 0 N–H and O–H groups in total. The minimum atomic E-state index is 1.05. The molecule has 0 aromatic heterocycles. The van der Waals surface area contributed by atoms with Gasteiger partial charge in [0.25, 0.3) is 0 Å². The van der Waals surface area contributed by atoms with Gasteiger partial charge in [-0.3, -0.25) is 0 Å². The Balaban J connectivity index is 0.000000178. The van der Waals surface area contributed by atoms with Crippen LogP contribution in [0, 0.1) is 20.8 Å². The smallest absolute Gasteiger partial charge is 0.0184 e. The number of benzene rings is 6. The monoisotopic (exact) mass is 694 g/mol. The fourth-order valence-electron chi connectivity index (χ4n) is 5.93. The van der Waals surface area contributed by atoms with Crippen LogP contribution in [0.2, 0.25) is 0 Å². The van der Waals surface area contributed by atoms with Gasteiger partial charge in [-0.1, -0.05) is 193 Å². The zero-order chi connectivity index (χ0) is 37.7. The van der Waals surface area contributed by atoms with Crippen LogP contribution in [-0.4, -0.2) is 0 Å². The molecule has 0 atom stereocenters. The molecule has 270 valence electrons. The molecule has 0 aliphatic carbocycles. The molecule has 53 heavy (non-hydrogen) atoms. The molecule has 0 fully saturated rings. The van der Waals surface area contributed by atoms with Gasteiger partial charge in [-0.15, -0.1) is 6.58 Å². The van der Waals surface area contributed by atoms with E-state index in [9.17, 15) is 0 Å². The minimum Gasteiger partial charge on any atom is -0.103 e. The maximum absolute atomic E-state index is 3.75. The van der Waals surface area contributed by atoms with E-state index in [4.69, 9.17) is 0 Å². The predicted octanol–water partition coefficient (Wildman–Crippen LogP) is 15.1. The van der Waals surface area contributed by atoms with E-state index in [0.29, 0.717) is 0 Å². The average molecular weight is 695 g/mol. The van der Waals surface area contributed by atoms with Crippen LogP contribution in [-0.2, 0) is 19.3 Å². The second-order valence-electron chi connectivity index (χ2n) is 13.7. The molecule has 0 aliphatic rings. The molecule has 0 heterocycles. The number of allylic oxidation sites excluding steroid dienone is 5. The van der Waals surface area contributed by atoms with Crippen molar-refractivity contribution in [3.8, 4) is 33.4 Å². The summed E-state index contributed by atoms with van der Waals surface area (Å²) in [7, 11) is 0. The topological polar surface area (TPSA) is 0 Å². The Morgan fingerprint density at radius 3 is 0.792 bits per heavy atom. The van der Waals surface area contributed by atoms with Gasteiger partial charge in [-0.2, -0.15) is 0 Å². The lowest BCUT2D eigenvalue weighted by Gasteiger charge is -2.04. The Kier molecular flexibility index (Phi) is 17.1. The highest BCUT2D eigenvalue weighted by molar-refractivity contribution is 5.65. The number of hydrogen-bond acceptors (Lipinski definition) is 0. The van der Waals surface area contributed by atoms with Crippen molar-refractivity contribution in [3.63, 3.8) is 0 Å². The Hall–Kier alpha value is -5.46. The molecule has 0 spiro atoms. The van der Waals surface area contributed by atoms with Crippen LogP contribution in [0.1, 0.15) is 66.5 Å². The number of rotatable bonds is 12. The first-order chi connectivity index (χ1) is 25.9. The Bertz CT molecular complexity index is 1850. The molecule has 0 aliphatic heterocycles. The number of hydrogen-bond donors (Lipinski definition) is 0. The van der Waals surface area contributed by atoms with Crippen molar-refractivity contribution in [2.24, 2.45) is 0 Å². The Morgan fingerprint density at radius 2 is 0.566 bits per heavy atom. The van der Waals surface area contributed by atoms with E-state index in [0.717, 1.165) is 38.5 Å². The fraction of sp³-hybridized carbons (Fsp3) is 0.208. The number of aryl methyl sites for hydroxylation is 6. The van der Waals surface area contributed by atoms with Gasteiger partial charge in [0.2, 0.25) is 0 Å². The van der Waals surface area contributed by atoms with Crippen LogP contribution in [0.25, 0.3) is 33.4 Å². The van der Waals surface area contributed by atoms with Crippen LogP contribution in [0.3, 0.4) is 0 Å². The maximum atomic E-state index is 3.75. The van der Waals surface area contributed by atoms with Crippen molar-refractivity contribution in [1.82, 2.24) is 0 Å². The summed E-state index contributed by atoms with van der Waals surface area (Å²) < 4.78 is 0. The quantitative estimate of drug-likeness (QED) is 0.112. The SMILES string of the molecule is C/C=C/CCc1ccc(-c2ccc(C)cc2)cc1.C/C=C/CCc1ccc(-c2ccc(C)cc2)cc1.C=CCCc1ccc(-c2ccc(C)cc2)cc1. The summed E-state index contributed by atoms with van der Waals surface area (Å²) in [5.41, 5.74) is 15.8. The Morgan fingerprint density at radius 1 is 0.340 bits per heavy atom. The van der Waals surface area contributed by atoms with Gasteiger partial charge < -0.3 is 0 Å². The van der Waals surface area contributed by atoms with E-state index >= 15 is 0 Å². The minimum absolute atomic E-state index is 1.05. The first kappa shape index (κ1) is 40.3. The normalized spacial score (nSPS) is 10.7. The van der Waals surface area contributed by atoms with Gasteiger partial charge in [-0.25, -0.2) is 0 Å². The molecule has 0 radical (unpaired) electrons. The summed E-state index contributed by atoms with van der Waals surface area (Å²) in [6.07, 6.45) is 17.2. The second kappa shape index (κ2) is 22.5. The second-order valence-corrected chi connectivity index (χ2v) is 13.7. The molecular weight excluding hydrogens is 637 g/mol. The highest BCUT2D eigenvalue weighted by Gasteiger charge is 2.00. The van der Waals surface area contributed by atoms with Crippen molar-refractivity contribution in [1.29, 1.82) is 0 Å². The summed E-state index contributed by atoms with van der Waals surface area (Å²) in [5, 5.41) is 0. The van der Waals surface area contributed by atoms with Gasteiger partial charge in [0.1, 0.15) is 0 Å². The first-order valence-corrected chi connectivity index (χ1v) is 19.2. The average Bonchev–Trinajstić information content (AvgIpc) is 3.20. The van der Waals surface area contributed by atoms with Crippen LogP contribution in [0.4, 0.5) is 0 Å². The third kappa shape index (κ3) is 14.2. The third-order valence-electron chi connectivity index (χ3n) is 9.32. The van der Waals surface area contributed by atoms with Gasteiger partial charge in [0.05, 0.1) is 0 Å². The molecule has 0 heteroatoms. The largest absolute Gasteiger partial charge is 0.103 e. The van der Waals surface area contributed by atoms with Gasteiger partial charge >= 0.3 is 0 Å². The summed E-state index contributed by atoms with van der Waals surface area (Å²) in [6, 6.07) is 52.7. The molecule has 6 rings (SSSR count). The van der Waals surface area contributed by atoms with Crippen LogP contribution in [0.5, 0.6) is 0 Å². The lowest BCUT2D eigenvalue weighted by atomic mass is 10.0. The summed E-state index contributed by atoms with van der Waals surface area (Å²) in [4.78, 5) is 0. The van der Waals surface area contributed by atoms with E-state index in [-0.39, 0.29) is 0 Å².